The van der Waals surface area contributed by atoms with Gasteiger partial charge in [-0.2, -0.15) is 5.10 Å². The van der Waals surface area contributed by atoms with Crippen LogP contribution in [0.15, 0.2) is 95.1 Å². The van der Waals surface area contributed by atoms with Crippen molar-refractivity contribution in [1.82, 2.24) is 15.0 Å². The van der Waals surface area contributed by atoms with E-state index in [9.17, 15) is 13.2 Å². The van der Waals surface area contributed by atoms with Gasteiger partial charge in [-0.15, -0.1) is 0 Å². The number of benzene rings is 2. The molecule has 0 fully saturated rings. The molecule has 0 bridgehead atoms. The van der Waals surface area contributed by atoms with Crippen molar-refractivity contribution >= 4 is 39.6 Å². The Morgan fingerprint density at radius 3 is 2.44 bits per heavy atom. The van der Waals surface area contributed by atoms with Gasteiger partial charge >= 0.3 is 0 Å². The average Bonchev–Trinajstić information content (AvgIpc) is 3.16. The zero-order valence-electron chi connectivity index (χ0n) is 19.7. The summed E-state index contributed by atoms with van der Waals surface area (Å²) in [5.74, 6) is -0.486. The number of nitrogens with zero attached hydrogens (tertiary/aromatic N) is 4. The van der Waals surface area contributed by atoms with Crippen LogP contribution in [0.2, 0.25) is 5.02 Å². The van der Waals surface area contributed by atoms with Crippen LogP contribution >= 0.6 is 11.6 Å². The topological polar surface area (TPSA) is 96.7 Å². The smallest absolute Gasteiger partial charge is 0.265 e. The number of pyridine rings is 1. The molecule has 4 aromatic rings. The SMILES string of the molecule is Cc1cc(/C=N\NC(=O)CN(c2ccccn2)S(=O)(=O)c2ccccc2)c(C)n1-c1ccccc1Cl. The number of hydrazone groups is 1. The van der Waals surface area contributed by atoms with E-state index in [4.69, 9.17) is 11.6 Å². The summed E-state index contributed by atoms with van der Waals surface area (Å²) < 4.78 is 29.5. The molecule has 0 aliphatic heterocycles. The van der Waals surface area contributed by atoms with E-state index in [-0.39, 0.29) is 10.7 Å². The second-order valence-electron chi connectivity index (χ2n) is 7.92. The fourth-order valence-electron chi connectivity index (χ4n) is 3.77. The number of para-hydroxylation sites is 1. The Morgan fingerprint density at radius 1 is 1.06 bits per heavy atom. The Morgan fingerprint density at radius 2 is 1.75 bits per heavy atom. The lowest BCUT2D eigenvalue weighted by Crippen LogP contribution is -2.40. The monoisotopic (exact) mass is 521 g/mol. The summed E-state index contributed by atoms with van der Waals surface area (Å²) in [6.45, 7) is 3.38. The number of hydrogen-bond acceptors (Lipinski definition) is 5. The lowest BCUT2D eigenvalue weighted by Gasteiger charge is -2.22. The van der Waals surface area contributed by atoms with Crippen LogP contribution in [0.5, 0.6) is 0 Å². The summed E-state index contributed by atoms with van der Waals surface area (Å²) in [6.07, 6.45) is 2.98. The van der Waals surface area contributed by atoms with Crippen molar-refractivity contribution in [2.24, 2.45) is 5.10 Å². The second-order valence-corrected chi connectivity index (χ2v) is 10.2. The van der Waals surface area contributed by atoms with E-state index < -0.39 is 22.5 Å². The van der Waals surface area contributed by atoms with Crippen LogP contribution in [0.1, 0.15) is 17.0 Å². The van der Waals surface area contributed by atoms with Gasteiger partial charge in [-0.05, 0) is 56.3 Å². The molecule has 8 nitrogen and oxygen atoms in total. The van der Waals surface area contributed by atoms with Crippen LogP contribution in [0.4, 0.5) is 5.82 Å². The van der Waals surface area contributed by atoms with Crippen LogP contribution in [0.25, 0.3) is 5.69 Å². The summed E-state index contributed by atoms with van der Waals surface area (Å²) in [6, 6.07) is 22.2. The highest BCUT2D eigenvalue weighted by Gasteiger charge is 2.27. The summed E-state index contributed by atoms with van der Waals surface area (Å²) >= 11 is 6.37. The molecule has 2 heterocycles. The highest BCUT2D eigenvalue weighted by molar-refractivity contribution is 7.92. The number of hydrogen-bond donors (Lipinski definition) is 1. The molecule has 2 aromatic heterocycles. The predicted octanol–water partition coefficient (Wildman–Crippen LogP) is 4.49. The summed E-state index contributed by atoms with van der Waals surface area (Å²) in [4.78, 5) is 16.9. The molecule has 2 aromatic carbocycles. The Hall–Kier alpha value is -3.95. The molecule has 0 atom stereocenters. The zero-order valence-corrected chi connectivity index (χ0v) is 21.2. The van der Waals surface area contributed by atoms with Crippen molar-refractivity contribution in [3.8, 4) is 5.69 Å². The van der Waals surface area contributed by atoms with Crippen LogP contribution in [-0.4, -0.2) is 36.6 Å². The predicted molar refractivity (Wildman–Crippen MR) is 141 cm³/mol. The highest BCUT2D eigenvalue weighted by Crippen LogP contribution is 2.26. The molecule has 0 saturated heterocycles. The van der Waals surface area contributed by atoms with Crippen LogP contribution in [-0.2, 0) is 14.8 Å². The third-order valence-electron chi connectivity index (χ3n) is 5.48. The highest BCUT2D eigenvalue weighted by atomic mass is 35.5. The molecule has 0 unspecified atom stereocenters. The lowest BCUT2D eigenvalue weighted by atomic mass is 10.2. The molecule has 184 valence electrons. The first kappa shape index (κ1) is 25.2. The average molecular weight is 522 g/mol. The summed E-state index contributed by atoms with van der Waals surface area (Å²) in [7, 11) is -4.03. The molecule has 1 amide bonds. The van der Waals surface area contributed by atoms with E-state index in [1.54, 1.807) is 30.3 Å². The van der Waals surface area contributed by atoms with Crippen LogP contribution < -0.4 is 9.73 Å². The standard InChI is InChI=1S/C26H24ClN5O3S/c1-19-16-21(20(2)32(19)24-13-7-6-12-23(24)27)17-29-30-26(33)18-31(25-14-8-9-15-28-25)36(34,35)22-10-4-3-5-11-22/h3-17H,18H2,1-2H3,(H,30,33)/b29-17-. The van der Waals surface area contributed by atoms with Gasteiger partial charge in [0.05, 0.1) is 21.8 Å². The van der Waals surface area contributed by atoms with Gasteiger partial charge < -0.3 is 4.57 Å². The van der Waals surface area contributed by atoms with E-state index in [2.05, 4.69) is 15.5 Å². The van der Waals surface area contributed by atoms with E-state index in [1.807, 2.05) is 48.7 Å². The molecule has 4 rings (SSSR count). The van der Waals surface area contributed by atoms with Gasteiger partial charge in [0.15, 0.2) is 0 Å². The van der Waals surface area contributed by atoms with Gasteiger partial charge in [0.1, 0.15) is 12.4 Å². The van der Waals surface area contributed by atoms with Crippen molar-refractivity contribution in [3.05, 3.63) is 107 Å². The molecular formula is C26H24ClN5O3S. The lowest BCUT2D eigenvalue weighted by molar-refractivity contribution is -0.119. The van der Waals surface area contributed by atoms with Crippen LogP contribution in [0, 0.1) is 13.8 Å². The number of aryl methyl sites for hydroxylation is 1. The Bertz CT molecular complexity index is 1500. The minimum Gasteiger partial charge on any atom is -0.316 e. The number of amides is 1. The van der Waals surface area contributed by atoms with Crippen molar-refractivity contribution in [2.45, 2.75) is 18.7 Å². The van der Waals surface area contributed by atoms with Crippen molar-refractivity contribution < 1.29 is 13.2 Å². The first-order chi connectivity index (χ1) is 17.3. The van der Waals surface area contributed by atoms with Gasteiger partial charge in [-0.25, -0.2) is 23.1 Å². The maximum atomic E-state index is 13.3. The van der Waals surface area contributed by atoms with Crippen molar-refractivity contribution in [2.75, 3.05) is 10.8 Å². The number of nitrogens with one attached hydrogen (secondary N) is 1. The van der Waals surface area contributed by atoms with Gasteiger partial charge in [-0.3, -0.25) is 4.79 Å². The first-order valence-corrected chi connectivity index (χ1v) is 12.9. The van der Waals surface area contributed by atoms with Gasteiger partial charge in [0.25, 0.3) is 15.9 Å². The molecule has 0 aliphatic rings. The van der Waals surface area contributed by atoms with E-state index >= 15 is 0 Å². The minimum absolute atomic E-state index is 0.0546. The van der Waals surface area contributed by atoms with Crippen molar-refractivity contribution in [3.63, 3.8) is 0 Å². The summed E-state index contributed by atoms with van der Waals surface area (Å²) in [5.41, 5.74) is 5.89. The third kappa shape index (κ3) is 5.32. The molecule has 10 heteroatoms. The number of rotatable bonds is 8. The zero-order chi connectivity index (χ0) is 25.7. The molecular weight excluding hydrogens is 498 g/mol. The second kappa shape index (κ2) is 10.8. The van der Waals surface area contributed by atoms with E-state index in [0.717, 1.165) is 26.9 Å². The fourth-order valence-corrected chi connectivity index (χ4v) is 5.39. The fraction of sp³-hybridized carbons (Fsp3) is 0.115. The minimum atomic E-state index is -4.03. The molecule has 36 heavy (non-hydrogen) atoms. The molecule has 1 N–H and O–H groups in total. The Labute approximate surface area is 214 Å². The number of aromatic nitrogens is 2. The van der Waals surface area contributed by atoms with Crippen LogP contribution in [0.3, 0.4) is 0 Å². The maximum absolute atomic E-state index is 13.3. The quantitative estimate of drug-likeness (QED) is 0.273. The van der Waals surface area contributed by atoms with E-state index in [0.29, 0.717) is 5.02 Å². The molecule has 0 radical (unpaired) electrons. The number of sulfonamides is 1. The third-order valence-corrected chi connectivity index (χ3v) is 7.56. The van der Waals surface area contributed by atoms with Gasteiger partial charge in [-0.1, -0.05) is 48.0 Å². The number of halogens is 1. The van der Waals surface area contributed by atoms with Gasteiger partial charge in [0, 0.05) is 23.1 Å². The maximum Gasteiger partial charge on any atom is 0.265 e. The normalized spacial score (nSPS) is 11.5. The first-order valence-electron chi connectivity index (χ1n) is 11.0. The number of anilines is 1. The molecule has 0 spiro atoms. The number of carbonyl (C=O) groups is 1. The molecule has 0 saturated carbocycles. The number of carbonyl (C=O) groups excluding carboxylic acids is 1. The Balaban J connectivity index is 1.54. The summed E-state index contributed by atoms with van der Waals surface area (Å²) in [5, 5.41) is 4.68. The van der Waals surface area contributed by atoms with Crippen molar-refractivity contribution in [1.29, 1.82) is 0 Å². The van der Waals surface area contributed by atoms with E-state index in [1.165, 1.54) is 30.6 Å². The Kier molecular flexibility index (Phi) is 7.52. The largest absolute Gasteiger partial charge is 0.316 e. The molecule has 0 aliphatic carbocycles. The van der Waals surface area contributed by atoms with Gasteiger partial charge in [0.2, 0.25) is 0 Å².